The van der Waals surface area contributed by atoms with Crippen LogP contribution in [0.15, 0.2) is 78.9 Å². The number of aromatic amines is 1. The maximum absolute atomic E-state index is 14.0. The van der Waals surface area contributed by atoms with Crippen LogP contribution in [0.1, 0.15) is 53.2 Å². The molecule has 1 fully saturated rings. The minimum Gasteiger partial charge on any atom is -0.463 e. The van der Waals surface area contributed by atoms with E-state index in [0.717, 1.165) is 21.4 Å². The molecular formula is C34H30N2O9. The predicted octanol–water partition coefficient (Wildman–Crippen LogP) is 4.37. The number of nitrogens with zero attached hydrogens (tertiary/aromatic N) is 1. The molecule has 0 saturated carbocycles. The first-order valence-corrected chi connectivity index (χ1v) is 14.4. The van der Waals surface area contributed by atoms with Crippen molar-refractivity contribution < 1.29 is 42.9 Å². The van der Waals surface area contributed by atoms with Gasteiger partial charge in [0.1, 0.15) is 24.9 Å². The highest BCUT2D eigenvalue weighted by Gasteiger charge is 2.57. The Morgan fingerprint density at radius 3 is 1.96 bits per heavy atom. The first-order valence-electron chi connectivity index (χ1n) is 14.4. The number of amides is 2. The molecule has 3 aromatic carbocycles. The van der Waals surface area contributed by atoms with Gasteiger partial charge in [0.25, 0.3) is 11.8 Å². The molecule has 0 bridgehead atoms. The van der Waals surface area contributed by atoms with Crippen molar-refractivity contribution in [1.82, 2.24) is 9.88 Å². The molecule has 4 aromatic rings. The fourth-order valence-corrected chi connectivity index (χ4v) is 6.21. The molecule has 0 spiro atoms. The van der Waals surface area contributed by atoms with E-state index in [0.29, 0.717) is 11.3 Å². The van der Waals surface area contributed by atoms with Crippen LogP contribution in [0.4, 0.5) is 0 Å². The molecule has 1 N–H and O–H groups in total. The van der Waals surface area contributed by atoms with Gasteiger partial charge in [-0.1, -0.05) is 60.7 Å². The lowest BCUT2D eigenvalue weighted by atomic mass is 9.85. The van der Waals surface area contributed by atoms with Gasteiger partial charge in [-0.2, -0.15) is 0 Å². The average molecular weight is 611 g/mol. The summed E-state index contributed by atoms with van der Waals surface area (Å²) in [5.41, 5.74) is 3.11. The molecule has 0 unspecified atom stereocenters. The molecular weight excluding hydrogens is 580 g/mol. The zero-order chi connectivity index (χ0) is 31.8. The first kappa shape index (κ1) is 29.8. The second-order valence-electron chi connectivity index (χ2n) is 10.9. The average Bonchev–Trinajstić information content (AvgIpc) is 3.52. The van der Waals surface area contributed by atoms with E-state index >= 15 is 0 Å². The summed E-state index contributed by atoms with van der Waals surface area (Å²) in [7, 11) is 0. The Morgan fingerprint density at radius 1 is 0.756 bits per heavy atom. The molecule has 5 atom stereocenters. The smallest absolute Gasteiger partial charge is 0.303 e. The Hall–Kier alpha value is -5.29. The van der Waals surface area contributed by atoms with Crippen molar-refractivity contribution in [1.29, 1.82) is 0 Å². The molecule has 0 radical (unpaired) electrons. The molecule has 11 heteroatoms. The number of carbonyl (C=O) groups is 5. The monoisotopic (exact) mass is 610 g/mol. The molecule has 45 heavy (non-hydrogen) atoms. The summed E-state index contributed by atoms with van der Waals surface area (Å²) in [5.74, 6) is -3.32. The number of hydrogen-bond donors (Lipinski definition) is 1. The van der Waals surface area contributed by atoms with Crippen LogP contribution in [0.5, 0.6) is 0 Å². The quantitative estimate of drug-likeness (QED) is 0.183. The second-order valence-corrected chi connectivity index (χ2v) is 10.9. The van der Waals surface area contributed by atoms with E-state index in [9.17, 15) is 24.0 Å². The first-order chi connectivity index (χ1) is 21.7. The van der Waals surface area contributed by atoms with Crippen LogP contribution in [0.3, 0.4) is 0 Å². The molecule has 2 aliphatic heterocycles. The van der Waals surface area contributed by atoms with Crippen LogP contribution < -0.4 is 0 Å². The maximum atomic E-state index is 14.0. The van der Waals surface area contributed by atoms with Gasteiger partial charge < -0.3 is 23.9 Å². The summed E-state index contributed by atoms with van der Waals surface area (Å²) in [5, 5.41) is 0.724. The maximum Gasteiger partial charge on any atom is 0.303 e. The zero-order valence-corrected chi connectivity index (χ0v) is 24.7. The van der Waals surface area contributed by atoms with Crippen molar-refractivity contribution >= 4 is 40.6 Å². The number of H-pyrrole nitrogens is 1. The number of ether oxygens (including phenoxy) is 4. The van der Waals surface area contributed by atoms with Gasteiger partial charge in [0.15, 0.2) is 12.2 Å². The van der Waals surface area contributed by atoms with E-state index in [1.165, 1.54) is 20.8 Å². The fraction of sp³-hybridized carbons (Fsp3) is 0.265. The number of carbonyl (C=O) groups excluding carboxylic acids is 5. The Morgan fingerprint density at radius 2 is 1.33 bits per heavy atom. The van der Waals surface area contributed by atoms with Crippen LogP contribution >= 0.6 is 0 Å². The van der Waals surface area contributed by atoms with Gasteiger partial charge in [-0.15, -0.1) is 0 Å². The van der Waals surface area contributed by atoms with Crippen LogP contribution in [-0.4, -0.2) is 70.6 Å². The normalized spacial score (nSPS) is 22.6. The highest BCUT2D eigenvalue weighted by Crippen LogP contribution is 2.46. The van der Waals surface area contributed by atoms with Crippen LogP contribution in [0, 0.1) is 0 Å². The molecule has 230 valence electrons. The minimum atomic E-state index is -1.40. The number of rotatable bonds is 7. The fourth-order valence-electron chi connectivity index (χ4n) is 6.21. The third-order valence-electron chi connectivity index (χ3n) is 7.93. The van der Waals surface area contributed by atoms with Gasteiger partial charge in [-0.3, -0.25) is 28.9 Å². The number of imide groups is 1. The summed E-state index contributed by atoms with van der Waals surface area (Å²) in [6.45, 7) is 3.21. The van der Waals surface area contributed by atoms with E-state index in [2.05, 4.69) is 4.98 Å². The van der Waals surface area contributed by atoms with Gasteiger partial charge in [-0.05, 0) is 23.8 Å². The van der Waals surface area contributed by atoms with Crippen molar-refractivity contribution in [2.24, 2.45) is 0 Å². The highest BCUT2D eigenvalue weighted by molar-refractivity contribution is 6.21. The SMILES string of the molecule is CC(=O)OC[C@H]1O[C@@H](c2c(-c3ccccc3)[nH]c3ccccc23)[C@H](N2C(=O)c3ccccc3C2=O)[C@@H](OC(C)=O)[C@@H]1OC(C)=O. The molecule has 11 nitrogen and oxygen atoms in total. The minimum absolute atomic E-state index is 0.177. The molecule has 1 saturated heterocycles. The summed E-state index contributed by atoms with van der Waals surface area (Å²) in [6.07, 6.45) is -5.03. The lowest BCUT2D eigenvalue weighted by molar-refractivity contribution is -0.231. The lowest BCUT2D eigenvalue weighted by Crippen LogP contribution is -2.64. The molecule has 2 aliphatic rings. The third kappa shape index (κ3) is 5.46. The van der Waals surface area contributed by atoms with Crippen molar-refractivity contribution in [3.8, 4) is 11.3 Å². The lowest BCUT2D eigenvalue weighted by Gasteiger charge is -2.47. The van der Waals surface area contributed by atoms with Crippen LogP contribution in [0.2, 0.25) is 0 Å². The van der Waals surface area contributed by atoms with Crippen molar-refractivity contribution in [3.63, 3.8) is 0 Å². The summed E-state index contributed by atoms with van der Waals surface area (Å²) in [4.78, 5) is 69.5. The summed E-state index contributed by atoms with van der Waals surface area (Å²) >= 11 is 0. The number of fused-ring (bicyclic) bond motifs is 2. The van der Waals surface area contributed by atoms with Gasteiger partial charge >= 0.3 is 17.9 Å². The summed E-state index contributed by atoms with van der Waals surface area (Å²) < 4.78 is 23.5. The predicted molar refractivity (Wildman–Crippen MR) is 160 cm³/mol. The number of aromatic nitrogens is 1. The third-order valence-corrected chi connectivity index (χ3v) is 7.93. The Labute approximate surface area is 258 Å². The number of benzene rings is 3. The van der Waals surface area contributed by atoms with Crippen LogP contribution in [-0.2, 0) is 33.3 Å². The Kier molecular flexibility index (Phi) is 7.94. The molecule has 1 aromatic heterocycles. The standard InChI is InChI=1S/C34H30N2O9/c1-18(37)42-17-26-30(43-19(2)38)32(44-20(3)39)29(36-33(40)22-13-7-8-14-23(22)34(36)41)31(45-26)27-24-15-9-10-16-25(24)35-28(27)21-11-5-4-6-12-21/h4-16,26,29-32,35H,17H2,1-3H3/t26-,29+,30-,31+,32-/m1/s1. The van der Waals surface area contributed by atoms with Gasteiger partial charge in [-0.25, -0.2) is 0 Å². The zero-order valence-electron chi connectivity index (χ0n) is 24.7. The van der Waals surface area contributed by atoms with Crippen molar-refractivity contribution in [2.45, 2.75) is 51.2 Å². The second kappa shape index (κ2) is 12.0. The van der Waals surface area contributed by atoms with E-state index in [1.807, 2.05) is 54.6 Å². The van der Waals surface area contributed by atoms with Gasteiger partial charge in [0, 0.05) is 37.2 Å². The van der Waals surface area contributed by atoms with Crippen LogP contribution in [0.25, 0.3) is 22.2 Å². The van der Waals surface area contributed by atoms with Gasteiger partial charge in [0.2, 0.25) is 0 Å². The highest BCUT2D eigenvalue weighted by atomic mass is 16.6. The van der Waals surface area contributed by atoms with Crippen molar-refractivity contribution in [2.75, 3.05) is 6.61 Å². The van der Waals surface area contributed by atoms with Crippen molar-refractivity contribution in [3.05, 3.63) is 95.6 Å². The topological polar surface area (TPSA) is 141 Å². The van der Waals surface area contributed by atoms with E-state index in [1.54, 1.807) is 24.3 Å². The van der Waals surface area contributed by atoms with E-state index < -0.39 is 60.2 Å². The Balaban J connectivity index is 1.61. The van der Waals surface area contributed by atoms with E-state index in [-0.39, 0.29) is 17.7 Å². The Bertz CT molecular complexity index is 1780. The largest absolute Gasteiger partial charge is 0.463 e. The van der Waals surface area contributed by atoms with E-state index in [4.69, 9.17) is 18.9 Å². The molecule has 2 amide bonds. The number of hydrogen-bond acceptors (Lipinski definition) is 9. The molecule has 3 heterocycles. The molecule has 6 rings (SSSR count). The van der Waals surface area contributed by atoms with Gasteiger partial charge in [0.05, 0.1) is 16.8 Å². The number of esters is 3. The number of nitrogens with one attached hydrogen (secondary N) is 1. The summed E-state index contributed by atoms with van der Waals surface area (Å²) in [6, 6.07) is 22.0. The molecule has 0 aliphatic carbocycles. The number of para-hydroxylation sites is 1.